The summed E-state index contributed by atoms with van der Waals surface area (Å²) in [6, 6.07) is 12.8. The zero-order chi connectivity index (χ0) is 22.2. The predicted molar refractivity (Wildman–Crippen MR) is 128 cm³/mol. The number of anilines is 1. The molecule has 8 heteroatoms. The molecule has 0 radical (unpaired) electrons. The molecular formula is C24H35N7O. The third-order valence-electron chi connectivity index (χ3n) is 6.48. The lowest BCUT2D eigenvalue weighted by Crippen LogP contribution is -2.60. The van der Waals surface area contributed by atoms with Gasteiger partial charge in [0, 0.05) is 77.0 Å². The van der Waals surface area contributed by atoms with Gasteiger partial charge in [-0.3, -0.25) is 4.99 Å². The summed E-state index contributed by atoms with van der Waals surface area (Å²) in [5, 5.41) is 7.59. The minimum atomic E-state index is -0.0247. The molecule has 2 fully saturated rings. The van der Waals surface area contributed by atoms with E-state index in [-0.39, 0.29) is 11.6 Å². The highest BCUT2D eigenvalue weighted by Gasteiger charge is 2.34. The van der Waals surface area contributed by atoms with E-state index < -0.39 is 0 Å². The Morgan fingerprint density at radius 1 is 1.06 bits per heavy atom. The van der Waals surface area contributed by atoms with E-state index in [1.807, 2.05) is 13.1 Å². The molecule has 0 amide bonds. The van der Waals surface area contributed by atoms with E-state index in [0.29, 0.717) is 0 Å². The van der Waals surface area contributed by atoms with Gasteiger partial charge in [0.05, 0.1) is 0 Å². The molecule has 2 aromatic rings. The first-order valence-corrected chi connectivity index (χ1v) is 11.6. The van der Waals surface area contributed by atoms with Crippen LogP contribution in [0, 0.1) is 0 Å². The maximum Gasteiger partial charge on any atom is 0.225 e. The first kappa shape index (κ1) is 22.5. The van der Waals surface area contributed by atoms with Crippen LogP contribution in [0.15, 0.2) is 53.8 Å². The molecule has 4 rings (SSSR count). The molecule has 1 aromatic carbocycles. The van der Waals surface area contributed by atoms with Crippen LogP contribution in [0.2, 0.25) is 0 Å². The van der Waals surface area contributed by atoms with Crippen molar-refractivity contribution in [2.24, 2.45) is 4.99 Å². The summed E-state index contributed by atoms with van der Waals surface area (Å²) in [5.74, 6) is 1.76. The number of benzene rings is 1. The normalized spacial score (nSPS) is 20.1. The first-order chi connectivity index (χ1) is 15.7. The van der Waals surface area contributed by atoms with Gasteiger partial charge in [0.15, 0.2) is 5.96 Å². The summed E-state index contributed by atoms with van der Waals surface area (Å²) in [6.07, 6.45) is 5.55. The number of hydrogen-bond donors (Lipinski definition) is 2. The molecule has 2 aliphatic heterocycles. The van der Waals surface area contributed by atoms with Crippen molar-refractivity contribution in [2.45, 2.75) is 31.3 Å². The van der Waals surface area contributed by atoms with Crippen molar-refractivity contribution in [2.75, 3.05) is 57.9 Å². The number of aliphatic imine (C=N–C) groups is 1. The van der Waals surface area contributed by atoms with Crippen LogP contribution in [0.25, 0.3) is 0 Å². The largest absolute Gasteiger partial charge is 0.381 e. The van der Waals surface area contributed by atoms with Crippen LogP contribution in [0.1, 0.15) is 31.4 Å². The zero-order valence-electron chi connectivity index (χ0n) is 19.2. The maximum absolute atomic E-state index is 5.69. The van der Waals surface area contributed by atoms with E-state index in [4.69, 9.17) is 4.74 Å². The van der Waals surface area contributed by atoms with E-state index in [1.54, 1.807) is 12.4 Å². The lowest BCUT2D eigenvalue weighted by molar-refractivity contribution is 0.0352. The van der Waals surface area contributed by atoms with Crippen LogP contribution < -0.4 is 15.5 Å². The molecule has 0 bridgehead atoms. The fraction of sp³-hybridized carbons (Fsp3) is 0.542. The Balaban J connectivity index is 1.35. The molecule has 2 saturated heterocycles. The second-order valence-electron chi connectivity index (χ2n) is 8.59. The van der Waals surface area contributed by atoms with E-state index in [2.05, 4.69) is 72.6 Å². The van der Waals surface area contributed by atoms with Gasteiger partial charge in [-0.25, -0.2) is 9.97 Å². The molecule has 0 aliphatic carbocycles. The number of hydrogen-bond acceptors (Lipinski definition) is 6. The van der Waals surface area contributed by atoms with Crippen molar-refractivity contribution < 1.29 is 4.74 Å². The Hall–Kier alpha value is -2.71. The number of rotatable bonds is 6. The summed E-state index contributed by atoms with van der Waals surface area (Å²) in [5.41, 5.74) is 1.28. The molecule has 1 atom stereocenters. The molecular weight excluding hydrogens is 402 g/mol. The van der Waals surface area contributed by atoms with Crippen molar-refractivity contribution in [1.29, 1.82) is 0 Å². The predicted octanol–water partition coefficient (Wildman–Crippen LogP) is 2.07. The monoisotopic (exact) mass is 437 g/mol. The van der Waals surface area contributed by atoms with Gasteiger partial charge < -0.3 is 25.2 Å². The Morgan fingerprint density at radius 2 is 1.75 bits per heavy atom. The Morgan fingerprint density at radius 3 is 2.41 bits per heavy atom. The molecule has 3 heterocycles. The van der Waals surface area contributed by atoms with Crippen LogP contribution in [0.3, 0.4) is 0 Å². The standard InChI is InChI=1S/C24H35N7O/c1-20(21-7-4-3-5-8-21)29-24(9-17-32-18-10-24)19-28-22(25-2)30-13-15-31(16-14-30)23-26-11-6-12-27-23/h3-8,11-12,20,29H,9-10,13-19H2,1-2H3,(H,25,28). The molecule has 0 spiro atoms. The average Bonchev–Trinajstić information content (AvgIpc) is 2.86. The topological polar surface area (TPSA) is 77.9 Å². The number of piperazine rings is 1. The molecule has 2 aliphatic rings. The van der Waals surface area contributed by atoms with E-state index in [0.717, 1.165) is 70.7 Å². The number of guanidine groups is 1. The number of nitrogens with zero attached hydrogens (tertiary/aromatic N) is 5. The minimum absolute atomic E-state index is 0.0247. The van der Waals surface area contributed by atoms with Gasteiger partial charge in [-0.15, -0.1) is 0 Å². The van der Waals surface area contributed by atoms with Gasteiger partial charge in [0.25, 0.3) is 0 Å². The second kappa shape index (κ2) is 10.7. The van der Waals surface area contributed by atoms with Crippen molar-refractivity contribution in [3.8, 4) is 0 Å². The summed E-state index contributed by atoms with van der Waals surface area (Å²) in [6.45, 7) is 8.17. The van der Waals surface area contributed by atoms with Gasteiger partial charge in [-0.1, -0.05) is 30.3 Å². The number of nitrogens with one attached hydrogen (secondary N) is 2. The SMILES string of the molecule is CN=C(NCC1(NC(C)c2ccccc2)CCOCC1)N1CCN(c2ncccn2)CC1. The molecule has 32 heavy (non-hydrogen) atoms. The van der Waals surface area contributed by atoms with E-state index in [1.165, 1.54) is 5.56 Å². The van der Waals surface area contributed by atoms with Gasteiger partial charge in [-0.05, 0) is 31.4 Å². The van der Waals surface area contributed by atoms with E-state index in [9.17, 15) is 0 Å². The molecule has 1 unspecified atom stereocenters. The molecule has 0 saturated carbocycles. The van der Waals surface area contributed by atoms with Gasteiger partial charge in [0.2, 0.25) is 5.95 Å². The van der Waals surface area contributed by atoms with Gasteiger partial charge in [-0.2, -0.15) is 0 Å². The lowest BCUT2D eigenvalue weighted by atomic mass is 9.88. The number of ether oxygens (including phenoxy) is 1. The van der Waals surface area contributed by atoms with Crippen molar-refractivity contribution in [3.63, 3.8) is 0 Å². The quantitative estimate of drug-likeness (QED) is 0.529. The van der Waals surface area contributed by atoms with E-state index >= 15 is 0 Å². The van der Waals surface area contributed by atoms with Crippen LogP contribution >= 0.6 is 0 Å². The molecule has 8 nitrogen and oxygen atoms in total. The van der Waals surface area contributed by atoms with Crippen LogP contribution in [0.4, 0.5) is 5.95 Å². The zero-order valence-corrected chi connectivity index (χ0v) is 19.2. The van der Waals surface area contributed by atoms with Crippen molar-refractivity contribution in [1.82, 2.24) is 25.5 Å². The number of aromatic nitrogens is 2. The average molecular weight is 438 g/mol. The van der Waals surface area contributed by atoms with Crippen LogP contribution in [0.5, 0.6) is 0 Å². The maximum atomic E-state index is 5.69. The summed E-state index contributed by atoms with van der Waals surface area (Å²) >= 11 is 0. The van der Waals surface area contributed by atoms with Gasteiger partial charge in [0.1, 0.15) is 0 Å². The highest BCUT2D eigenvalue weighted by molar-refractivity contribution is 5.80. The fourth-order valence-corrected chi connectivity index (χ4v) is 4.57. The van der Waals surface area contributed by atoms with Crippen molar-refractivity contribution in [3.05, 3.63) is 54.4 Å². The Kier molecular flexibility index (Phi) is 7.55. The molecule has 1 aromatic heterocycles. The van der Waals surface area contributed by atoms with Crippen molar-refractivity contribution >= 4 is 11.9 Å². The Labute approximate surface area is 191 Å². The second-order valence-corrected chi connectivity index (χ2v) is 8.59. The van der Waals surface area contributed by atoms with Crippen LogP contribution in [-0.2, 0) is 4.74 Å². The minimum Gasteiger partial charge on any atom is -0.381 e. The van der Waals surface area contributed by atoms with Crippen LogP contribution in [-0.4, -0.2) is 79.4 Å². The van der Waals surface area contributed by atoms with Gasteiger partial charge >= 0.3 is 0 Å². The fourth-order valence-electron chi connectivity index (χ4n) is 4.57. The highest BCUT2D eigenvalue weighted by Crippen LogP contribution is 2.25. The molecule has 172 valence electrons. The smallest absolute Gasteiger partial charge is 0.225 e. The summed E-state index contributed by atoms with van der Waals surface area (Å²) < 4.78 is 5.69. The first-order valence-electron chi connectivity index (χ1n) is 11.6. The lowest BCUT2D eigenvalue weighted by Gasteiger charge is -2.42. The Bertz CT molecular complexity index is 847. The third-order valence-corrected chi connectivity index (χ3v) is 6.48. The third kappa shape index (κ3) is 5.55. The summed E-state index contributed by atoms with van der Waals surface area (Å²) in [7, 11) is 1.87. The highest BCUT2D eigenvalue weighted by atomic mass is 16.5. The summed E-state index contributed by atoms with van der Waals surface area (Å²) in [4.78, 5) is 17.9. The molecule has 2 N–H and O–H groups in total.